The number of carboxylic acid groups (broad SMARTS) is 1. The van der Waals surface area contributed by atoms with E-state index in [0.29, 0.717) is 16.9 Å². The van der Waals surface area contributed by atoms with Crippen LogP contribution in [0.3, 0.4) is 0 Å². The van der Waals surface area contributed by atoms with Gasteiger partial charge in [-0.1, -0.05) is 48.5 Å². The highest BCUT2D eigenvalue weighted by atomic mass is 16.8. The van der Waals surface area contributed by atoms with Gasteiger partial charge in [-0.25, -0.2) is 4.79 Å². The van der Waals surface area contributed by atoms with Crippen molar-refractivity contribution in [3.63, 3.8) is 0 Å². The number of carbonyl (C=O) groups is 3. The quantitative estimate of drug-likeness (QED) is 0.375. The number of rotatable bonds is 9. The molecule has 2 saturated heterocycles. The smallest absolute Gasteiger partial charge is 0.329 e. The first-order valence-corrected chi connectivity index (χ1v) is 12.2. The Morgan fingerprint density at radius 1 is 1.11 bits per heavy atom. The first-order chi connectivity index (χ1) is 18.1. The van der Waals surface area contributed by atoms with Crippen molar-refractivity contribution in [1.82, 2.24) is 5.32 Å². The molecule has 202 valence electrons. The van der Waals surface area contributed by atoms with Gasteiger partial charge in [0.05, 0.1) is 6.61 Å². The molecule has 5 unspecified atom stereocenters. The average Bonchev–Trinajstić information content (AvgIpc) is 2.87. The molecule has 2 aliphatic heterocycles. The largest absolute Gasteiger partial charge is 0.480 e. The topological polar surface area (TPSA) is 130 Å². The Hall–Kier alpha value is -3.57. The molecule has 1 amide bonds. The highest BCUT2D eigenvalue weighted by molar-refractivity contribution is 6.06. The van der Waals surface area contributed by atoms with Crippen LogP contribution in [0.1, 0.15) is 36.7 Å². The number of ether oxygens (including phenoxy) is 5. The van der Waals surface area contributed by atoms with Gasteiger partial charge >= 0.3 is 5.97 Å². The van der Waals surface area contributed by atoms with Crippen molar-refractivity contribution in [2.24, 2.45) is 0 Å². The third kappa shape index (κ3) is 6.84. The molecule has 10 nitrogen and oxygen atoms in total. The first-order valence-electron chi connectivity index (χ1n) is 12.2. The van der Waals surface area contributed by atoms with Gasteiger partial charge in [0, 0.05) is 18.1 Å². The lowest BCUT2D eigenvalue weighted by Gasteiger charge is -2.50. The Kier molecular flexibility index (Phi) is 8.58. The Bertz CT molecular complexity index is 1180. The second kappa shape index (κ2) is 11.9. The van der Waals surface area contributed by atoms with Crippen molar-refractivity contribution in [3.8, 4) is 5.75 Å². The molecule has 0 radical (unpaired) electrons. The van der Waals surface area contributed by atoms with Gasteiger partial charge in [0.25, 0.3) is 0 Å². The summed E-state index contributed by atoms with van der Waals surface area (Å²) in [6, 6.07) is 15.0. The summed E-state index contributed by atoms with van der Waals surface area (Å²) in [6.07, 6.45) is -0.287. The monoisotopic (exact) mass is 525 g/mol. The lowest BCUT2D eigenvalue weighted by atomic mass is 9.95. The zero-order valence-electron chi connectivity index (χ0n) is 21.4. The third-order valence-corrected chi connectivity index (χ3v) is 6.07. The van der Waals surface area contributed by atoms with Crippen molar-refractivity contribution in [1.29, 1.82) is 0 Å². The molecular weight excluding hydrogens is 494 g/mol. The minimum atomic E-state index is -1.17. The Morgan fingerprint density at radius 3 is 2.53 bits per heavy atom. The number of nitrogens with one attached hydrogen (secondary N) is 1. The van der Waals surface area contributed by atoms with Crippen LogP contribution in [0.25, 0.3) is 6.08 Å². The minimum Gasteiger partial charge on any atom is -0.480 e. The lowest BCUT2D eigenvalue weighted by Crippen LogP contribution is -2.69. The minimum absolute atomic E-state index is 0.143. The molecule has 2 fully saturated rings. The summed E-state index contributed by atoms with van der Waals surface area (Å²) in [6.45, 7) is 4.32. The number of para-hydroxylation sites is 1. The van der Waals surface area contributed by atoms with Crippen LogP contribution < -0.4 is 10.1 Å². The van der Waals surface area contributed by atoms with Crippen LogP contribution in [0.4, 0.5) is 0 Å². The van der Waals surface area contributed by atoms with Crippen LogP contribution in [0.5, 0.6) is 5.75 Å². The van der Waals surface area contributed by atoms with E-state index in [2.05, 4.69) is 5.32 Å². The summed E-state index contributed by atoms with van der Waals surface area (Å²) in [5, 5.41) is 12.0. The number of benzene rings is 2. The number of hydrogen-bond acceptors (Lipinski definition) is 8. The zero-order valence-corrected chi connectivity index (χ0v) is 21.4. The highest BCUT2D eigenvalue weighted by Crippen LogP contribution is 2.35. The van der Waals surface area contributed by atoms with Gasteiger partial charge < -0.3 is 34.1 Å². The highest BCUT2D eigenvalue weighted by Gasteiger charge is 2.53. The number of carbonyl (C=O) groups excluding carboxylic acids is 2. The predicted octanol–water partition coefficient (Wildman–Crippen LogP) is 2.81. The molecule has 0 bridgehead atoms. The van der Waals surface area contributed by atoms with Crippen molar-refractivity contribution in [3.05, 3.63) is 71.8 Å². The van der Waals surface area contributed by atoms with E-state index in [1.807, 2.05) is 6.07 Å². The standard InChI is InChI=1S/C28H31NO9/c1-17(30)29-24-26(34-16-23(32)33)25-22(15-35-28(2,3)38-25)37-27(24)36-21-12-8-7-11-19(21)13-14-20(31)18-9-5-4-6-10-18/h4-14,22,24-27H,15-16H2,1-3H3,(H,29,30)(H,32,33)/b14-13+. The van der Waals surface area contributed by atoms with Gasteiger partial charge in [0.1, 0.15) is 36.7 Å². The summed E-state index contributed by atoms with van der Waals surface area (Å²) in [5.74, 6) is -2.31. The summed E-state index contributed by atoms with van der Waals surface area (Å²) < 4.78 is 29.9. The number of fused-ring (bicyclic) bond motifs is 1. The summed E-state index contributed by atoms with van der Waals surface area (Å²) in [5.41, 5.74) is 1.15. The Balaban J connectivity index is 1.61. The summed E-state index contributed by atoms with van der Waals surface area (Å²) in [7, 11) is 0. The molecule has 5 atom stereocenters. The van der Waals surface area contributed by atoms with Crippen LogP contribution in [0, 0.1) is 0 Å². The first kappa shape index (κ1) is 27.5. The molecule has 2 heterocycles. The van der Waals surface area contributed by atoms with Gasteiger partial charge in [-0.15, -0.1) is 0 Å². The fraction of sp³-hybridized carbons (Fsp3) is 0.393. The van der Waals surface area contributed by atoms with Crippen LogP contribution in [-0.4, -0.2) is 72.4 Å². The van der Waals surface area contributed by atoms with Crippen LogP contribution in [0.2, 0.25) is 0 Å². The van der Waals surface area contributed by atoms with Gasteiger partial charge in [0.2, 0.25) is 12.2 Å². The second-order valence-corrected chi connectivity index (χ2v) is 9.45. The van der Waals surface area contributed by atoms with Crippen LogP contribution in [0.15, 0.2) is 60.7 Å². The molecule has 0 saturated carbocycles. The van der Waals surface area contributed by atoms with Gasteiger partial charge in [-0.2, -0.15) is 0 Å². The van der Waals surface area contributed by atoms with E-state index in [1.165, 1.54) is 13.0 Å². The summed E-state index contributed by atoms with van der Waals surface area (Å²) >= 11 is 0. The van der Waals surface area contributed by atoms with E-state index < -0.39 is 49.0 Å². The average molecular weight is 526 g/mol. The number of ketones is 1. The van der Waals surface area contributed by atoms with Crippen molar-refractivity contribution in [2.75, 3.05) is 13.2 Å². The van der Waals surface area contributed by atoms with Gasteiger partial charge in [-0.05, 0) is 32.1 Å². The molecule has 2 aromatic rings. The van der Waals surface area contributed by atoms with Crippen LogP contribution >= 0.6 is 0 Å². The Morgan fingerprint density at radius 2 is 1.82 bits per heavy atom. The molecule has 38 heavy (non-hydrogen) atoms. The number of amides is 1. The molecule has 10 heteroatoms. The molecule has 0 spiro atoms. The summed E-state index contributed by atoms with van der Waals surface area (Å²) in [4.78, 5) is 36.1. The maximum absolute atomic E-state index is 12.6. The van der Waals surface area contributed by atoms with Crippen molar-refractivity contribution >= 4 is 23.7 Å². The number of aliphatic carboxylic acids is 1. The molecule has 4 rings (SSSR count). The van der Waals surface area contributed by atoms with E-state index in [9.17, 15) is 19.5 Å². The maximum atomic E-state index is 12.6. The number of hydrogen-bond donors (Lipinski definition) is 2. The third-order valence-electron chi connectivity index (χ3n) is 6.07. The van der Waals surface area contributed by atoms with E-state index in [4.69, 9.17) is 23.7 Å². The van der Waals surface area contributed by atoms with Gasteiger partial charge in [0.15, 0.2) is 11.6 Å². The fourth-order valence-electron chi connectivity index (χ4n) is 4.39. The zero-order chi connectivity index (χ0) is 27.3. The second-order valence-electron chi connectivity index (χ2n) is 9.45. The SMILES string of the molecule is CC(=O)NC1C(Oc2ccccc2/C=C/C(=O)c2ccccc2)OC2COC(C)(C)OC2C1OCC(=O)O. The molecular formula is C28H31NO9. The Labute approximate surface area is 220 Å². The number of allylic oxidation sites excluding steroid dienone is 1. The van der Waals surface area contributed by atoms with E-state index in [-0.39, 0.29) is 18.3 Å². The van der Waals surface area contributed by atoms with E-state index >= 15 is 0 Å². The van der Waals surface area contributed by atoms with Crippen molar-refractivity contribution < 1.29 is 43.2 Å². The van der Waals surface area contributed by atoms with E-state index in [0.717, 1.165) is 0 Å². The molecule has 2 aliphatic rings. The predicted molar refractivity (Wildman–Crippen MR) is 135 cm³/mol. The maximum Gasteiger partial charge on any atom is 0.329 e. The molecule has 0 aromatic heterocycles. The molecule has 0 aliphatic carbocycles. The number of carboxylic acids is 1. The normalized spacial score (nSPS) is 26.3. The van der Waals surface area contributed by atoms with Gasteiger partial charge in [-0.3, -0.25) is 9.59 Å². The molecule has 2 N–H and O–H groups in total. The lowest BCUT2D eigenvalue weighted by molar-refractivity contribution is -0.364. The van der Waals surface area contributed by atoms with Crippen molar-refractivity contribution in [2.45, 2.75) is 57.2 Å². The van der Waals surface area contributed by atoms with E-state index in [1.54, 1.807) is 68.5 Å². The molecule has 2 aromatic carbocycles. The van der Waals surface area contributed by atoms with Crippen LogP contribution in [-0.2, 0) is 28.5 Å². The fourth-order valence-corrected chi connectivity index (χ4v) is 4.39.